The van der Waals surface area contributed by atoms with Crippen molar-refractivity contribution in [2.24, 2.45) is 11.8 Å². The van der Waals surface area contributed by atoms with Crippen molar-refractivity contribution in [3.05, 3.63) is 12.4 Å². The molecular formula is C10H17N5O. The molecular weight excluding hydrogens is 206 g/mol. The van der Waals surface area contributed by atoms with Crippen LogP contribution >= 0.6 is 0 Å². The van der Waals surface area contributed by atoms with Crippen molar-refractivity contribution in [3.8, 4) is 0 Å². The van der Waals surface area contributed by atoms with Crippen LogP contribution in [0.5, 0.6) is 0 Å². The van der Waals surface area contributed by atoms with E-state index in [0.717, 1.165) is 32.0 Å². The van der Waals surface area contributed by atoms with Gasteiger partial charge in [-0.3, -0.25) is 0 Å². The van der Waals surface area contributed by atoms with Crippen molar-refractivity contribution < 1.29 is 4.74 Å². The van der Waals surface area contributed by atoms with Gasteiger partial charge in [0, 0.05) is 25.8 Å². The quantitative estimate of drug-likeness (QED) is 0.500. The van der Waals surface area contributed by atoms with Gasteiger partial charge in [-0.25, -0.2) is 15.8 Å². The predicted molar refractivity (Wildman–Crippen MR) is 61.9 cm³/mol. The van der Waals surface area contributed by atoms with Gasteiger partial charge in [0.05, 0.1) is 0 Å². The van der Waals surface area contributed by atoms with Crippen molar-refractivity contribution in [1.29, 1.82) is 0 Å². The second kappa shape index (κ2) is 5.62. The van der Waals surface area contributed by atoms with E-state index in [4.69, 9.17) is 10.6 Å². The second-order valence-corrected chi connectivity index (χ2v) is 3.88. The van der Waals surface area contributed by atoms with Gasteiger partial charge in [0.25, 0.3) is 0 Å². The molecule has 0 aliphatic carbocycles. The van der Waals surface area contributed by atoms with Gasteiger partial charge in [0.15, 0.2) is 0 Å². The Morgan fingerprint density at radius 3 is 3.06 bits per heavy atom. The van der Waals surface area contributed by atoms with E-state index < -0.39 is 0 Å². The zero-order chi connectivity index (χ0) is 11.2. The lowest BCUT2D eigenvalue weighted by atomic mass is 10.1. The molecule has 1 saturated heterocycles. The van der Waals surface area contributed by atoms with Gasteiger partial charge in [-0.15, -0.1) is 0 Å². The summed E-state index contributed by atoms with van der Waals surface area (Å²) in [5.41, 5.74) is 2.49. The second-order valence-electron chi connectivity index (χ2n) is 3.88. The number of aromatic nitrogens is 2. The minimum absolute atomic E-state index is 0.613. The fourth-order valence-corrected chi connectivity index (χ4v) is 1.75. The number of nitrogen functional groups attached to an aromatic ring is 1. The molecule has 16 heavy (non-hydrogen) atoms. The molecule has 1 atom stereocenters. The molecule has 0 bridgehead atoms. The van der Waals surface area contributed by atoms with Crippen molar-refractivity contribution in [3.63, 3.8) is 0 Å². The van der Waals surface area contributed by atoms with E-state index in [1.165, 1.54) is 12.7 Å². The number of nitrogens with one attached hydrogen (secondary N) is 2. The summed E-state index contributed by atoms with van der Waals surface area (Å²) in [6.07, 6.45) is 3.76. The van der Waals surface area contributed by atoms with Gasteiger partial charge in [0.1, 0.15) is 18.0 Å². The van der Waals surface area contributed by atoms with Crippen molar-refractivity contribution in [2.45, 2.75) is 12.8 Å². The molecule has 4 N–H and O–H groups in total. The molecule has 1 unspecified atom stereocenters. The average molecular weight is 223 g/mol. The van der Waals surface area contributed by atoms with Crippen molar-refractivity contribution in [1.82, 2.24) is 9.97 Å². The Bertz CT molecular complexity index is 327. The minimum Gasteiger partial charge on any atom is -0.381 e. The largest absolute Gasteiger partial charge is 0.381 e. The van der Waals surface area contributed by atoms with Crippen LogP contribution < -0.4 is 16.6 Å². The highest BCUT2D eigenvalue weighted by Crippen LogP contribution is 2.16. The first-order valence-corrected chi connectivity index (χ1v) is 5.49. The van der Waals surface area contributed by atoms with E-state index in [9.17, 15) is 0 Å². The van der Waals surface area contributed by atoms with Crippen LogP contribution in [0.3, 0.4) is 0 Å². The van der Waals surface area contributed by atoms with Crippen LogP contribution in [0.4, 0.5) is 11.6 Å². The monoisotopic (exact) mass is 223 g/mol. The lowest BCUT2D eigenvalue weighted by Gasteiger charge is -2.09. The first kappa shape index (κ1) is 11.1. The van der Waals surface area contributed by atoms with E-state index in [1.54, 1.807) is 6.07 Å². The zero-order valence-corrected chi connectivity index (χ0v) is 9.15. The summed E-state index contributed by atoms with van der Waals surface area (Å²) in [7, 11) is 0. The highest BCUT2D eigenvalue weighted by atomic mass is 16.5. The maximum absolute atomic E-state index is 5.32. The Morgan fingerprint density at radius 2 is 2.31 bits per heavy atom. The molecule has 0 saturated carbocycles. The average Bonchev–Trinajstić information content (AvgIpc) is 2.82. The van der Waals surface area contributed by atoms with Gasteiger partial charge in [-0.1, -0.05) is 0 Å². The first-order valence-electron chi connectivity index (χ1n) is 5.49. The number of hydrogen-bond acceptors (Lipinski definition) is 6. The summed E-state index contributed by atoms with van der Waals surface area (Å²) < 4.78 is 5.32. The van der Waals surface area contributed by atoms with Gasteiger partial charge >= 0.3 is 0 Å². The molecule has 0 aromatic carbocycles. The molecule has 1 aromatic heterocycles. The SMILES string of the molecule is NNc1cc(NCCC2CCOC2)ncn1. The van der Waals surface area contributed by atoms with Gasteiger partial charge in [-0.2, -0.15) is 0 Å². The van der Waals surface area contributed by atoms with Crippen LogP contribution in [0.2, 0.25) is 0 Å². The Labute approximate surface area is 94.6 Å². The number of anilines is 2. The Hall–Kier alpha value is -1.40. The highest BCUT2D eigenvalue weighted by molar-refractivity contribution is 5.45. The molecule has 1 aliphatic rings. The summed E-state index contributed by atoms with van der Waals surface area (Å²) in [4.78, 5) is 8.04. The zero-order valence-electron chi connectivity index (χ0n) is 9.15. The summed E-state index contributed by atoms with van der Waals surface area (Å²) in [5.74, 6) is 7.35. The number of nitrogens with two attached hydrogens (primary N) is 1. The number of nitrogens with zero attached hydrogens (tertiary/aromatic N) is 2. The Kier molecular flexibility index (Phi) is 3.90. The summed E-state index contributed by atoms with van der Waals surface area (Å²) >= 11 is 0. The van der Waals surface area contributed by atoms with Crippen molar-refractivity contribution >= 4 is 11.6 Å². The maximum Gasteiger partial charge on any atom is 0.145 e. The third kappa shape index (κ3) is 3.04. The normalized spacial score (nSPS) is 19.7. The first-order chi connectivity index (χ1) is 7.88. The standard InChI is InChI=1S/C10H17N5O/c11-15-10-5-9(13-7-14-10)12-3-1-8-2-4-16-6-8/h5,7-8H,1-4,6,11H2,(H2,12,13,14,15). The number of rotatable bonds is 5. The van der Waals surface area contributed by atoms with Crippen LogP contribution in [-0.2, 0) is 4.74 Å². The molecule has 2 rings (SSSR count). The predicted octanol–water partition coefficient (Wildman–Crippen LogP) is 0.601. The van der Waals surface area contributed by atoms with E-state index >= 15 is 0 Å². The highest BCUT2D eigenvalue weighted by Gasteiger charge is 2.14. The molecule has 1 fully saturated rings. The minimum atomic E-state index is 0.613. The van der Waals surface area contributed by atoms with Crippen LogP contribution in [0.1, 0.15) is 12.8 Å². The smallest absolute Gasteiger partial charge is 0.145 e. The molecule has 2 heterocycles. The van der Waals surface area contributed by atoms with Gasteiger partial charge in [-0.05, 0) is 18.8 Å². The van der Waals surface area contributed by atoms with Crippen LogP contribution in [0.25, 0.3) is 0 Å². The molecule has 6 heteroatoms. The number of hydrogen-bond donors (Lipinski definition) is 3. The molecule has 1 aromatic rings. The lowest BCUT2D eigenvalue weighted by molar-refractivity contribution is 0.185. The van der Waals surface area contributed by atoms with E-state index in [0.29, 0.717) is 11.7 Å². The summed E-state index contributed by atoms with van der Waals surface area (Å²) in [5, 5.41) is 3.24. The Morgan fingerprint density at radius 1 is 1.44 bits per heavy atom. The third-order valence-corrected chi connectivity index (χ3v) is 2.70. The van der Waals surface area contributed by atoms with E-state index in [-0.39, 0.29) is 0 Å². The molecule has 1 aliphatic heterocycles. The fourth-order valence-electron chi connectivity index (χ4n) is 1.75. The van der Waals surface area contributed by atoms with Gasteiger partial charge in [0.2, 0.25) is 0 Å². The molecule has 88 valence electrons. The lowest BCUT2D eigenvalue weighted by Crippen LogP contribution is -2.12. The summed E-state index contributed by atoms with van der Waals surface area (Å²) in [6.45, 7) is 2.69. The Balaban J connectivity index is 1.75. The molecule has 6 nitrogen and oxygen atoms in total. The molecule has 0 radical (unpaired) electrons. The van der Waals surface area contributed by atoms with Crippen LogP contribution in [0, 0.1) is 5.92 Å². The van der Waals surface area contributed by atoms with E-state index in [2.05, 4.69) is 20.7 Å². The topological polar surface area (TPSA) is 85.1 Å². The maximum atomic E-state index is 5.32. The molecule has 0 spiro atoms. The number of ether oxygens (including phenoxy) is 1. The summed E-state index contributed by atoms with van der Waals surface area (Å²) in [6, 6.07) is 1.78. The van der Waals surface area contributed by atoms with Crippen LogP contribution in [-0.4, -0.2) is 29.7 Å². The number of hydrazine groups is 1. The van der Waals surface area contributed by atoms with Crippen LogP contribution in [0.15, 0.2) is 12.4 Å². The van der Waals surface area contributed by atoms with Gasteiger partial charge < -0.3 is 15.5 Å². The van der Waals surface area contributed by atoms with E-state index in [1.807, 2.05) is 0 Å². The fraction of sp³-hybridized carbons (Fsp3) is 0.600. The van der Waals surface area contributed by atoms with Crippen molar-refractivity contribution in [2.75, 3.05) is 30.5 Å². The third-order valence-electron chi connectivity index (χ3n) is 2.70. The molecule has 0 amide bonds.